The molecule has 1 rings (SSSR count). The second-order valence-electron chi connectivity index (χ2n) is 4.99. The Kier molecular flexibility index (Phi) is 5.22. The van der Waals surface area contributed by atoms with Crippen molar-refractivity contribution in [3.63, 3.8) is 0 Å². The molecule has 1 aliphatic carbocycles. The van der Waals surface area contributed by atoms with Crippen molar-refractivity contribution in [2.75, 3.05) is 6.54 Å². The predicted molar refractivity (Wildman–Crippen MR) is 63.8 cm³/mol. The maximum atomic E-state index is 11.7. The van der Waals surface area contributed by atoms with E-state index in [0.717, 1.165) is 25.7 Å². The Morgan fingerprint density at radius 3 is 2.75 bits per heavy atom. The lowest BCUT2D eigenvalue weighted by molar-refractivity contribution is -0.123. The highest BCUT2D eigenvalue weighted by Crippen LogP contribution is 2.24. The van der Waals surface area contributed by atoms with Crippen molar-refractivity contribution >= 4 is 5.91 Å². The normalized spacial score (nSPS) is 28.8. The Labute approximate surface area is 97.6 Å². The first-order chi connectivity index (χ1) is 7.54. The van der Waals surface area contributed by atoms with Gasteiger partial charge in [-0.1, -0.05) is 20.3 Å². The minimum atomic E-state index is -0.406. The summed E-state index contributed by atoms with van der Waals surface area (Å²) >= 11 is 0. The molecular weight excluding hydrogens is 204 g/mol. The highest BCUT2D eigenvalue weighted by Gasteiger charge is 2.24. The first-order valence-corrected chi connectivity index (χ1v) is 6.26. The van der Waals surface area contributed by atoms with Crippen LogP contribution in [0.3, 0.4) is 0 Å². The third kappa shape index (κ3) is 3.76. The molecule has 94 valence electrons. The van der Waals surface area contributed by atoms with Crippen molar-refractivity contribution in [3.8, 4) is 0 Å². The van der Waals surface area contributed by atoms with Crippen molar-refractivity contribution in [3.05, 3.63) is 0 Å². The van der Waals surface area contributed by atoms with Gasteiger partial charge in [0.1, 0.15) is 0 Å². The molecule has 4 nitrogen and oxygen atoms in total. The summed E-state index contributed by atoms with van der Waals surface area (Å²) < 4.78 is 0. The molecule has 1 amide bonds. The summed E-state index contributed by atoms with van der Waals surface area (Å²) in [4.78, 5) is 11.7. The summed E-state index contributed by atoms with van der Waals surface area (Å²) in [5.74, 6) is 0.577. The zero-order valence-corrected chi connectivity index (χ0v) is 10.3. The third-order valence-electron chi connectivity index (χ3n) is 3.64. The van der Waals surface area contributed by atoms with Crippen LogP contribution in [0.4, 0.5) is 0 Å². The second-order valence-corrected chi connectivity index (χ2v) is 4.99. The number of hydrogen-bond donors (Lipinski definition) is 3. The summed E-state index contributed by atoms with van der Waals surface area (Å²) in [6.45, 7) is 4.68. The zero-order chi connectivity index (χ0) is 12.1. The van der Waals surface area contributed by atoms with E-state index in [9.17, 15) is 9.90 Å². The van der Waals surface area contributed by atoms with E-state index in [0.29, 0.717) is 12.5 Å². The van der Waals surface area contributed by atoms with Gasteiger partial charge in [0.15, 0.2) is 0 Å². The Bertz CT molecular complexity index is 233. The highest BCUT2D eigenvalue weighted by molar-refractivity contribution is 5.81. The molecule has 0 saturated heterocycles. The number of amides is 1. The number of aliphatic hydroxyl groups is 1. The number of nitrogens with one attached hydrogen (secondary N) is 1. The maximum absolute atomic E-state index is 11.7. The number of hydrogen-bond acceptors (Lipinski definition) is 3. The molecule has 1 aliphatic rings. The summed E-state index contributed by atoms with van der Waals surface area (Å²) in [6.07, 6.45) is 3.40. The minimum absolute atomic E-state index is 0.0595. The van der Waals surface area contributed by atoms with E-state index in [1.165, 1.54) is 0 Å². The van der Waals surface area contributed by atoms with Crippen LogP contribution in [0.1, 0.15) is 39.5 Å². The number of carbonyl (C=O) groups is 1. The zero-order valence-electron chi connectivity index (χ0n) is 10.3. The molecule has 0 aliphatic heterocycles. The number of nitrogens with two attached hydrogens (primary N) is 1. The van der Waals surface area contributed by atoms with E-state index >= 15 is 0 Å². The van der Waals surface area contributed by atoms with E-state index in [1.54, 1.807) is 0 Å². The topological polar surface area (TPSA) is 75.4 Å². The molecular formula is C12H24N2O2. The van der Waals surface area contributed by atoms with E-state index in [1.807, 2.05) is 13.8 Å². The third-order valence-corrected chi connectivity index (χ3v) is 3.64. The largest absolute Gasteiger partial charge is 0.393 e. The van der Waals surface area contributed by atoms with Crippen molar-refractivity contribution in [2.45, 2.75) is 51.7 Å². The van der Waals surface area contributed by atoms with Gasteiger partial charge in [-0.25, -0.2) is 0 Å². The molecule has 1 saturated carbocycles. The summed E-state index contributed by atoms with van der Waals surface area (Å²) in [7, 11) is 0. The Morgan fingerprint density at radius 2 is 2.25 bits per heavy atom. The fraction of sp³-hybridized carbons (Fsp3) is 0.917. The first-order valence-electron chi connectivity index (χ1n) is 6.26. The fourth-order valence-corrected chi connectivity index (χ4v) is 2.11. The Balaban J connectivity index is 2.24. The molecule has 4 heteroatoms. The van der Waals surface area contributed by atoms with Gasteiger partial charge in [0.25, 0.3) is 0 Å². The SMILES string of the molecule is CCC(C)[C@H](N)C(=O)NCC1CCC(O)C1. The first kappa shape index (κ1) is 13.5. The molecule has 0 bridgehead atoms. The van der Waals surface area contributed by atoms with E-state index in [-0.39, 0.29) is 17.9 Å². The van der Waals surface area contributed by atoms with Gasteiger partial charge < -0.3 is 16.2 Å². The van der Waals surface area contributed by atoms with Crippen LogP contribution in [0.15, 0.2) is 0 Å². The van der Waals surface area contributed by atoms with Gasteiger partial charge in [0.2, 0.25) is 5.91 Å². The monoisotopic (exact) mass is 228 g/mol. The van der Waals surface area contributed by atoms with E-state index < -0.39 is 6.04 Å². The Hall–Kier alpha value is -0.610. The summed E-state index contributed by atoms with van der Waals surface area (Å²) in [5, 5.41) is 12.2. The van der Waals surface area contributed by atoms with Gasteiger partial charge in [-0.05, 0) is 31.1 Å². The van der Waals surface area contributed by atoms with Gasteiger partial charge >= 0.3 is 0 Å². The van der Waals surface area contributed by atoms with Gasteiger partial charge in [0, 0.05) is 6.54 Å². The molecule has 0 radical (unpaired) electrons. The lowest BCUT2D eigenvalue weighted by Gasteiger charge is -2.19. The molecule has 3 unspecified atom stereocenters. The van der Waals surface area contributed by atoms with Gasteiger partial charge in [-0.2, -0.15) is 0 Å². The van der Waals surface area contributed by atoms with Crippen LogP contribution >= 0.6 is 0 Å². The van der Waals surface area contributed by atoms with Gasteiger partial charge in [0.05, 0.1) is 12.1 Å². The highest BCUT2D eigenvalue weighted by atomic mass is 16.3. The quantitative estimate of drug-likeness (QED) is 0.646. The number of aliphatic hydroxyl groups excluding tert-OH is 1. The van der Waals surface area contributed by atoms with E-state index in [2.05, 4.69) is 5.32 Å². The molecule has 4 atom stereocenters. The lowest BCUT2D eigenvalue weighted by Crippen LogP contribution is -2.45. The molecule has 0 aromatic rings. The minimum Gasteiger partial charge on any atom is -0.393 e. The maximum Gasteiger partial charge on any atom is 0.237 e. The molecule has 0 aromatic carbocycles. The van der Waals surface area contributed by atoms with Crippen LogP contribution in [-0.4, -0.2) is 29.7 Å². The van der Waals surface area contributed by atoms with Crippen LogP contribution in [-0.2, 0) is 4.79 Å². The van der Waals surface area contributed by atoms with Gasteiger partial charge in [-0.15, -0.1) is 0 Å². The smallest absolute Gasteiger partial charge is 0.237 e. The molecule has 0 heterocycles. The standard InChI is InChI=1S/C12H24N2O2/c1-3-8(2)11(13)12(16)14-7-9-4-5-10(15)6-9/h8-11,15H,3-7,13H2,1-2H3,(H,14,16)/t8?,9?,10?,11-/m0/s1. The lowest BCUT2D eigenvalue weighted by atomic mass is 9.99. The van der Waals surface area contributed by atoms with Crippen LogP contribution in [0.25, 0.3) is 0 Å². The molecule has 0 aromatic heterocycles. The summed E-state index contributed by atoms with van der Waals surface area (Å²) in [5.41, 5.74) is 5.82. The molecule has 16 heavy (non-hydrogen) atoms. The second kappa shape index (κ2) is 6.21. The van der Waals surface area contributed by atoms with Crippen LogP contribution in [0.5, 0.6) is 0 Å². The molecule has 0 spiro atoms. The van der Waals surface area contributed by atoms with Crippen LogP contribution in [0, 0.1) is 11.8 Å². The van der Waals surface area contributed by atoms with Crippen molar-refractivity contribution in [1.82, 2.24) is 5.32 Å². The van der Waals surface area contributed by atoms with Crippen molar-refractivity contribution in [1.29, 1.82) is 0 Å². The average molecular weight is 228 g/mol. The summed E-state index contributed by atoms with van der Waals surface area (Å²) in [6, 6.07) is -0.406. The average Bonchev–Trinajstić information content (AvgIpc) is 2.69. The van der Waals surface area contributed by atoms with Crippen LogP contribution in [0.2, 0.25) is 0 Å². The molecule has 4 N–H and O–H groups in total. The number of carbonyl (C=O) groups excluding carboxylic acids is 1. The Morgan fingerprint density at radius 1 is 1.56 bits per heavy atom. The van der Waals surface area contributed by atoms with Gasteiger partial charge in [-0.3, -0.25) is 4.79 Å². The molecule has 1 fully saturated rings. The fourth-order valence-electron chi connectivity index (χ4n) is 2.11. The van der Waals surface area contributed by atoms with E-state index in [4.69, 9.17) is 5.73 Å². The van der Waals surface area contributed by atoms with Crippen molar-refractivity contribution in [2.24, 2.45) is 17.6 Å². The number of rotatable bonds is 5. The predicted octanol–water partition coefficient (Wildman–Crippen LogP) is 0.637. The van der Waals surface area contributed by atoms with Crippen LogP contribution < -0.4 is 11.1 Å². The van der Waals surface area contributed by atoms with Crippen molar-refractivity contribution < 1.29 is 9.90 Å².